The fourth-order valence-electron chi connectivity index (χ4n) is 1.85. The van der Waals surface area contributed by atoms with Crippen LogP contribution in [-0.2, 0) is 0 Å². The first-order valence-corrected chi connectivity index (χ1v) is 6.31. The third kappa shape index (κ3) is 2.38. The molecule has 0 aliphatic heterocycles. The maximum atomic E-state index is 11.2. The summed E-state index contributed by atoms with van der Waals surface area (Å²) in [5.74, 6) is -0.202. The van der Waals surface area contributed by atoms with Gasteiger partial charge in [0, 0.05) is 23.5 Å². The van der Waals surface area contributed by atoms with Gasteiger partial charge in [0.25, 0.3) is 5.88 Å². The molecule has 0 radical (unpaired) electrons. The number of nitrogens with zero attached hydrogens (tertiary/aromatic N) is 4. The van der Waals surface area contributed by atoms with Crippen molar-refractivity contribution in [2.24, 2.45) is 0 Å². The van der Waals surface area contributed by atoms with E-state index in [-0.39, 0.29) is 17.2 Å². The number of aromatic carboxylic acids is 1. The average Bonchev–Trinajstić information content (AvgIpc) is 2.82. The van der Waals surface area contributed by atoms with Gasteiger partial charge in [-0.1, -0.05) is 11.6 Å². The van der Waals surface area contributed by atoms with Crippen LogP contribution < -0.4 is 4.74 Å². The number of carbonyl (C=O) groups is 1. The smallest absolute Gasteiger partial charge is 0.339 e. The summed E-state index contributed by atoms with van der Waals surface area (Å²) < 4.78 is 7.27. The van der Waals surface area contributed by atoms with Gasteiger partial charge in [-0.15, -0.1) is 10.2 Å². The van der Waals surface area contributed by atoms with Gasteiger partial charge >= 0.3 is 5.97 Å². The Bertz CT molecular complexity index is 847. The maximum absolute atomic E-state index is 11.2. The minimum atomic E-state index is -1.12. The molecule has 3 rings (SSSR count). The molecular weight excluding hydrogens is 296 g/mol. The summed E-state index contributed by atoms with van der Waals surface area (Å²) in [5.41, 5.74) is 0.380. The molecule has 106 valence electrons. The van der Waals surface area contributed by atoms with E-state index in [1.54, 1.807) is 17.5 Å². The first-order chi connectivity index (χ1) is 10.1. The number of ether oxygens (including phenoxy) is 1. The average molecular weight is 305 g/mol. The van der Waals surface area contributed by atoms with Crippen molar-refractivity contribution in [2.75, 3.05) is 0 Å². The summed E-state index contributed by atoms with van der Waals surface area (Å²) in [4.78, 5) is 15.3. The molecule has 0 atom stereocenters. The highest BCUT2D eigenvalue weighted by molar-refractivity contribution is 6.30. The molecule has 1 aromatic carbocycles. The molecule has 0 unspecified atom stereocenters. The van der Waals surface area contributed by atoms with Crippen molar-refractivity contribution in [3.63, 3.8) is 0 Å². The van der Waals surface area contributed by atoms with Crippen molar-refractivity contribution in [2.45, 2.75) is 6.92 Å². The van der Waals surface area contributed by atoms with Gasteiger partial charge in [-0.25, -0.2) is 9.78 Å². The lowest BCUT2D eigenvalue weighted by atomic mass is 10.2. The summed E-state index contributed by atoms with van der Waals surface area (Å²) in [6.07, 6.45) is 3.21. The van der Waals surface area contributed by atoms with Crippen molar-refractivity contribution < 1.29 is 14.6 Å². The molecule has 0 bridgehead atoms. The highest BCUT2D eigenvalue weighted by atomic mass is 35.5. The van der Waals surface area contributed by atoms with Crippen LogP contribution in [0.15, 0.2) is 30.6 Å². The van der Waals surface area contributed by atoms with Crippen LogP contribution in [0.1, 0.15) is 16.2 Å². The van der Waals surface area contributed by atoms with Gasteiger partial charge in [0.2, 0.25) is 5.65 Å². The molecule has 2 aromatic heterocycles. The molecule has 1 N–H and O–H groups in total. The zero-order valence-electron chi connectivity index (χ0n) is 10.8. The fourth-order valence-corrected chi connectivity index (χ4v) is 2.01. The number of hydrogen-bond acceptors (Lipinski definition) is 5. The minimum Gasteiger partial charge on any atom is -0.478 e. The molecular formula is C13H9ClN4O3. The summed E-state index contributed by atoms with van der Waals surface area (Å²) in [5, 5.41) is 17.4. The number of benzene rings is 1. The molecule has 0 amide bonds. The minimum absolute atomic E-state index is 0.0144. The highest BCUT2D eigenvalue weighted by Gasteiger charge is 2.16. The zero-order valence-corrected chi connectivity index (χ0v) is 11.6. The predicted octanol–water partition coefficient (Wildman–Crippen LogP) is 2.58. The molecule has 0 aliphatic carbocycles. The van der Waals surface area contributed by atoms with E-state index in [1.165, 1.54) is 24.4 Å². The molecule has 0 aliphatic rings. The van der Waals surface area contributed by atoms with E-state index >= 15 is 0 Å². The Morgan fingerprint density at radius 2 is 2.19 bits per heavy atom. The molecule has 0 spiro atoms. The van der Waals surface area contributed by atoms with Crippen LogP contribution in [0.4, 0.5) is 0 Å². The third-order valence-corrected chi connectivity index (χ3v) is 3.08. The van der Waals surface area contributed by atoms with Crippen molar-refractivity contribution >= 4 is 23.2 Å². The topological polar surface area (TPSA) is 89.6 Å². The van der Waals surface area contributed by atoms with Gasteiger partial charge in [-0.3, -0.25) is 4.40 Å². The number of halogens is 1. The SMILES string of the molecule is Cc1nnc2c(Oc3cc(Cl)ccc3C(=O)O)nccn12. The van der Waals surface area contributed by atoms with Crippen LogP contribution in [0.2, 0.25) is 5.02 Å². The number of hydrogen-bond donors (Lipinski definition) is 1. The first kappa shape index (κ1) is 13.3. The predicted molar refractivity (Wildman–Crippen MR) is 74.0 cm³/mol. The van der Waals surface area contributed by atoms with E-state index < -0.39 is 5.97 Å². The van der Waals surface area contributed by atoms with Crippen LogP contribution in [0.3, 0.4) is 0 Å². The van der Waals surface area contributed by atoms with E-state index in [9.17, 15) is 9.90 Å². The first-order valence-electron chi connectivity index (χ1n) is 5.93. The van der Waals surface area contributed by atoms with Crippen LogP contribution in [0, 0.1) is 6.92 Å². The van der Waals surface area contributed by atoms with Gasteiger partial charge in [0.15, 0.2) is 0 Å². The largest absolute Gasteiger partial charge is 0.478 e. The lowest BCUT2D eigenvalue weighted by Crippen LogP contribution is -2.01. The number of carboxylic acids is 1. The maximum Gasteiger partial charge on any atom is 0.339 e. The van der Waals surface area contributed by atoms with E-state index in [0.717, 1.165) is 0 Å². The highest BCUT2D eigenvalue weighted by Crippen LogP contribution is 2.29. The standard InChI is InChI=1S/C13H9ClN4O3/c1-7-16-17-11-12(15-4-5-18(7)11)21-10-6-8(14)2-3-9(10)13(19)20/h2-6H,1H3,(H,19,20). The van der Waals surface area contributed by atoms with Crippen LogP contribution in [0.25, 0.3) is 5.65 Å². The Balaban J connectivity index is 2.10. The van der Waals surface area contributed by atoms with E-state index in [2.05, 4.69) is 15.2 Å². The molecule has 7 nitrogen and oxygen atoms in total. The van der Waals surface area contributed by atoms with E-state index in [4.69, 9.17) is 16.3 Å². The van der Waals surface area contributed by atoms with Gasteiger partial charge in [0.1, 0.15) is 17.1 Å². The van der Waals surface area contributed by atoms with E-state index in [1.807, 2.05) is 0 Å². The lowest BCUT2D eigenvalue weighted by molar-refractivity contribution is 0.0694. The van der Waals surface area contributed by atoms with Crippen LogP contribution in [0.5, 0.6) is 11.6 Å². The number of rotatable bonds is 3. The van der Waals surface area contributed by atoms with E-state index in [0.29, 0.717) is 16.5 Å². The van der Waals surface area contributed by atoms with Gasteiger partial charge in [0.05, 0.1) is 0 Å². The van der Waals surface area contributed by atoms with Gasteiger partial charge in [-0.05, 0) is 19.1 Å². The van der Waals surface area contributed by atoms with Gasteiger partial charge < -0.3 is 9.84 Å². The molecule has 3 aromatic rings. The summed E-state index contributed by atoms with van der Waals surface area (Å²) >= 11 is 5.88. The number of aryl methyl sites for hydroxylation is 1. The number of aromatic nitrogens is 4. The van der Waals surface area contributed by atoms with Crippen molar-refractivity contribution in [3.8, 4) is 11.6 Å². The van der Waals surface area contributed by atoms with Crippen LogP contribution in [-0.4, -0.2) is 30.7 Å². The second-order valence-electron chi connectivity index (χ2n) is 4.22. The Hall–Kier alpha value is -2.67. The monoisotopic (exact) mass is 304 g/mol. The van der Waals surface area contributed by atoms with Crippen molar-refractivity contribution in [1.29, 1.82) is 0 Å². The number of carboxylic acid groups (broad SMARTS) is 1. The van der Waals surface area contributed by atoms with Crippen molar-refractivity contribution in [3.05, 3.63) is 47.0 Å². The molecule has 0 saturated heterocycles. The Kier molecular flexibility index (Phi) is 3.19. The van der Waals surface area contributed by atoms with Crippen LogP contribution >= 0.6 is 11.6 Å². The Morgan fingerprint density at radius 3 is 2.95 bits per heavy atom. The zero-order chi connectivity index (χ0) is 15.0. The molecule has 8 heteroatoms. The summed E-state index contributed by atoms with van der Waals surface area (Å²) in [6.45, 7) is 1.78. The quantitative estimate of drug-likeness (QED) is 0.800. The molecule has 0 saturated carbocycles. The third-order valence-electron chi connectivity index (χ3n) is 2.85. The molecule has 0 fully saturated rings. The van der Waals surface area contributed by atoms with Gasteiger partial charge in [-0.2, -0.15) is 0 Å². The lowest BCUT2D eigenvalue weighted by Gasteiger charge is -2.08. The number of fused-ring (bicyclic) bond motifs is 1. The Morgan fingerprint density at radius 1 is 1.38 bits per heavy atom. The normalized spacial score (nSPS) is 10.8. The fraction of sp³-hybridized carbons (Fsp3) is 0.0769. The molecule has 2 heterocycles. The molecule has 21 heavy (non-hydrogen) atoms. The van der Waals surface area contributed by atoms with Crippen molar-refractivity contribution in [1.82, 2.24) is 19.6 Å². The summed E-state index contributed by atoms with van der Waals surface area (Å²) in [7, 11) is 0. The summed E-state index contributed by atoms with van der Waals surface area (Å²) in [6, 6.07) is 4.27. The second kappa shape index (κ2) is 5.02. The second-order valence-corrected chi connectivity index (χ2v) is 4.66. The Labute approximate surface area is 123 Å².